The molecule has 2 aromatic rings. The first-order chi connectivity index (χ1) is 11.4. The maximum Gasteiger partial charge on any atom is 0.337 e. The number of rotatable bonds is 3. The highest BCUT2D eigenvalue weighted by Gasteiger charge is 2.36. The van der Waals surface area contributed by atoms with E-state index in [1.807, 2.05) is 31.2 Å². The zero-order chi connectivity index (χ0) is 17.5. The Balaban J connectivity index is 2.14. The van der Waals surface area contributed by atoms with Crippen molar-refractivity contribution in [3.05, 3.63) is 59.2 Å². The lowest BCUT2D eigenvalue weighted by Gasteiger charge is -2.25. The van der Waals surface area contributed by atoms with E-state index in [1.165, 1.54) is 17.5 Å². The van der Waals surface area contributed by atoms with Gasteiger partial charge in [-0.25, -0.2) is 13.2 Å². The second-order valence-electron chi connectivity index (χ2n) is 5.95. The van der Waals surface area contributed by atoms with Crippen LogP contribution >= 0.6 is 0 Å². The molecule has 0 N–H and O–H groups in total. The van der Waals surface area contributed by atoms with E-state index in [0.29, 0.717) is 17.7 Å². The molecule has 0 saturated heterocycles. The topological polar surface area (TPSA) is 63.7 Å². The predicted molar refractivity (Wildman–Crippen MR) is 91.8 cm³/mol. The van der Waals surface area contributed by atoms with Gasteiger partial charge in [0.1, 0.15) is 0 Å². The van der Waals surface area contributed by atoms with Gasteiger partial charge in [-0.3, -0.25) is 4.31 Å². The molecule has 5 nitrogen and oxygen atoms in total. The van der Waals surface area contributed by atoms with E-state index in [4.69, 9.17) is 4.74 Å². The summed E-state index contributed by atoms with van der Waals surface area (Å²) in [5, 5.41) is 0. The maximum absolute atomic E-state index is 13.3. The molecule has 0 fully saturated rings. The number of nitrogens with zero attached hydrogens (tertiary/aromatic N) is 1. The van der Waals surface area contributed by atoms with E-state index in [0.717, 1.165) is 5.56 Å². The molecule has 0 radical (unpaired) electrons. The fourth-order valence-electron chi connectivity index (χ4n) is 3.13. The smallest absolute Gasteiger partial charge is 0.337 e. The summed E-state index contributed by atoms with van der Waals surface area (Å²) in [6.07, 6.45) is 0.672. The van der Waals surface area contributed by atoms with E-state index in [9.17, 15) is 13.2 Å². The predicted octanol–water partition coefficient (Wildman–Crippen LogP) is 2.92. The number of methoxy groups -OCH3 is 1. The summed E-state index contributed by atoms with van der Waals surface area (Å²) in [6, 6.07) is 11.9. The fourth-order valence-corrected chi connectivity index (χ4v) is 5.08. The van der Waals surface area contributed by atoms with Gasteiger partial charge in [-0.15, -0.1) is 0 Å². The molecule has 0 amide bonds. The summed E-state index contributed by atoms with van der Waals surface area (Å²) in [5.41, 5.74) is 2.53. The quantitative estimate of drug-likeness (QED) is 0.803. The average molecular weight is 345 g/mol. The summed E-state index contributed by atoms with van der Waals surface area (Å²) < 4.78 is 32.7. The van der Waals surface area contributed by atoms with Crippen LogP contribution in [0.25, 0.3) is 0 Å². The van der Waals surface area contributed by atoms with Gasteiger partial charge >= 0.3 is 5.97 Å². The summed E-state index contributed by atoms with van der Waals surface area (Å²) in [6.45, 7) is 3.61. The number of anilines is 1. The molecule has 1 heterocycles. The standard InChI is InChI=1S/C18H19NO4S/c1-12-8-9-15(18(20)23-3)11-17(12)24(21,22)19-13(2)10-14-6-4-5-7-16(14)19/h4-9,11,13H,10H2,1-3H3. The first kappa shape index (κ1) is 16.5. The Morgan fingerprint density at radius 3 is 2.62 bits per heavy atom. The molecule has 126 valence electrons. The monoisotopic (exact) mass is 345 g/mol. The number of hydrogen-bond donors (Lipinski definition) is 0. The molecule has 0 saturated carbocycles. The highest BCUT2D eigenvalue weighted by molar-refractivity contribution is 7.93. The van der Waals surface area contributed by atoms with Gasteiger partial charge in [-0.05, 0) is 49.6 Å². The molecule has 0 aliphatic carbocycles. The van der Waals surface area contributed by atoms with Crippen molar-refractivity contribution >= 4 is 21.7 Å². The van der Waals surface area contributed by atoms with Gasteiger partial charge in [-0.1, -0.05) is 24.3 Å². The number of esters is 1. The van der Waals surface area contributed by atoms with E-state index >= 15 is 0 Å². The Morgan fingerprint density at radius 1 is 1.21 bits per heavy atom. The SMILES string of the molecule is COC(=O)c1ccc(C)c(S(=O)(=O)N2c3ccccc3CC2C)c1. The Bertz CT molecular complexity index is 905. The van der Waals surface area contributed by atoms with Crippen molar-refractivity contribution in [2.75, 3.05) is 11.4 Å². The van der Waals surface area contributed by atoms with Crippen LogP contribution in [0, 0.1) is 6.92 Å². The third-order valence-corrected chi connectivity index (χ3v) is 6.36. The lowest BCUT2D eigenvalue weighted by atomic mass is 10.1. The van der Waals surface area contributed by atoms with Gasteiger partial charge < -0.3 is 4.74 Å². The van der Waals surface area contributed by atoms with Crippen LogP contribution in [0.3, 0.4) is 0 Å². The number of sulfonamides is 1. The molecule has 1 atom stereocenters. The minimum absolute atomic E-state index is 0.133. The van der Waals surface area contributed by atoms with E-state index in [1.54, 1.807) is 19.1 Å². The Hall–Kier alpha value is -2.34. The summed E-state index contributed by atoms with van der Waals surface area (Å²) >= 11 is 0. The minimum atomic E-state index is -3.77. The van der Waals surface area contributed by atoms with Crippen molar-refractivity contribution in [3.63, 3.8) is 0 Å². The fraction of sp³-hybridized carbons (Fsp3) is 0.278. The number of carbonyl (C=O) groups is 1. The molecule has 24 heavy (non-hydrogen) atoms. The highest BCUT2D eigenvalue weighted by atomic mass is 32.2. The molecule has 3 rings (SSSR count). The zero-order valence-electron chi connectivity index (χ0n) is 13.8. The number of carbonyl (C=O) groups excluding carboxylic acids is 1. The van der Waals surface area contributed by atoms with Gasteiger partial charge in [0.05, 0.1) is 23.3 Å². The van der Waals surface area contributed by atoms with Crippen molar-refractivity contribution in [1.82, 2.24) is 0 Å². The van der Waals surface area contributed by atoms with Crippen LogP contribution in [0.2, 0.25) is 0 Å². The van der Waals surface area contributed by atoms with Gasteiger partial charge in [-0.2, -0.15) is 0 Å². The second kappa shape index (κ2) is 5.94. The molecule has 1 aliphatic heterocycles. The average Bonchev–Trinajstić information content (AvgIpc) is 2.90. The van der Waals surface area contributed by atoms with E-state index in [2.05, 4.69) is 0 Å². The Labute approximate surface area is 141 Å². The van der Waals surface area contributed by atoms with Gasteiger partial charge in [0.25, 0.3) is 10.0 Å². The van der Waals surface area contributed by atoms with Gasteiger partial charge in [0.15, 0.2) is 0 Å². The van der Waals surface area contributed by atoms with Crippen LogP contribution < -0.4 is 4.31 Å². The van der Waals surface area contributed by atoms with E-state index in [-0.39, 0.29) is 16.5 Å². The lowest BCUT2D eigenvalue weighted by molar-refractivity contribution is 0.0600. The van der Waals surface area contributed by atoms with E-state index < -0.39 is 16.0 Å². The number of hydrogen-bond acceptors (Lipinski definition) is 4. The molecule has 1 unspecified atom stereocenters. The third kappa shape index (κ3) is 2.57. The largest absolute Gasteiger partial charge is 0.465 e. The number of ether oxygens (including phenoxy) is 1. The van der Waals surface area contributed by atoms with Crippen LogP contribution in [0.1, 0.15) is 28.4 Å². The number of para-hydroxylation sites is 1. The van der Waals surface area contributed by atoms with Crippen LogP contribution in [-0.2, 0) is 21.2 Å². The summed E-state index contributed by atoms with van der Waals surface area (Å²) in [5.74, 6) is -0.554. The molecular weight excluding hydrogens is 326 g/mol. The van der Waals surface area contributed by atoms with Crippen molar-refractivity contribution in [2.45, 2.75) is 31.2 Å². The van der Waals surface area contributed by atoms with Crippen molar-refractivity contribution in [2.24, 2.45) is 0 Å². The normalized spacial score (nSPS) is 16.8. The van der Waals surface area contributed by atoms with Gasteiger partial charge in [0.2, 0.25) is 0 Å². The second-order valence-corrected chi connectivity index (χ2v) is 7.74. The first-order valence-electron chi connectivity index (χ1n) is 7.67. The molecule has 0 aromatic heterocycles. The molecule has 0 spiro atoms. The third-order valence-electron chi connectivity index (χ3n) is 4.29. The number of benzene rings is 2. The van der Waals surface area contributed by atoms with Crippen LogP contribution in [0.5, 0.6) is 0 Å². The molecule has 0 bridgehead atoms. The summed E-state index contributed by atoms with van der Waals surface area (Å²) in [7, 11) is -2.50. The van der Waals surface area contributed by atoms with Crippen LogP contribution in [-0.4, -0.2) is 27.5 Å². The minimum Gasteiger partial charge on any atom is -0.465 e. The maximum atomic E-state index is 13.3. The molecular formula is C18H19NO4S. The van der Waals surface area contributed by atoms with Crippen molar-refractivity contribution in [3.8, 4) is 0 Å². The van der Waals surface area contributed by atoms with Crippen LogP contribution in [0.4, 0.5) is 5.69 Å². The number of fused-ring (bicyclic) bond motifs is 1. The van der Waals surface area contributed by atoms with Crippen LogP contribution in [0.15, 0.2) is 47.4 Å². The first-order valence-corrected chi connectivity index (χ1v) is 9.11. The Morgan fingerprint density at radius 2 is 1.92 bits per heavy atom. The zero-order valence-corrected chi connectivity index (χ0v) is 14.6. The number of aryl methyl sites for hydroxylation is 1. The summed E-state index contributed by atoms with van der Waals surface area (Å²) in [4.78, 5) is 11.9. The van der Waals surface area contributed by atoms with Gasteiger partial charge in [0, 0.05) is 6.04 Å². The highest BCUT2D eigenvalue weighted by Crippen LogP contribution is 2.37. The van der Waals surface area contributed by atoms with Crippen molar-refractivity contribution in [1.29, 1.82) is 0 Å². The molecule has 2 aromatic carbocycles. The molecule has 1 aliphatic rings. The Kier molecular flexibility index (Phi) is 4.09. The van der Waals surface area contributed by atoms with Crippen molar-refractivity contribution < 1.29 is 17.9 Å². The lowest BCUT2D eigenvalue weighted by Crippen LogP contribution is -2.36. The molecule has 6 heteroatoms.